The van der Waals surface area contributed by atoms with E-state index in [1.807, 2.05) is 4.90 Å². The number of oxime groups is 1. The first-order chi connectivity index (χ1) is 9.27. The smallest absolute Gasteiger partial charge is 0.226 e. The van der Waals surface area contributed by atoms with Crippen LogP contribution in [0.4, 0.5) is 0 Å². The van der Waals surface area contributed by atoms with E-state index in [-0.39, 0.29) is 23.1 Å². The number of amidine groups is 1. The average molecular weight is 283 g/mol. The fourth-order valence-electron chi connectivity index (χ4n) is 3.04. The van der Waals surface area contributed by atoms with E-state index in [2.05, 4.69) is 32.9 Å². The van der Waals surface area contributed by atoms with Crippen molar-refractivity contribution in [2.75, 3.05) is 13.1 Å². The normalized spacial score (nSPS) is 22.2. The Morgan fingerprint density at radius 3 is 2.60 bits per heavy atom. The number of amides is 1. The van der Waals surface area contributed by atoms with Gasteiger partial charge in [0.25, 0.3) is 0 Å². The fourth-order valence-corrected chi connectivity index (χ4v) is 3.04. The van der Waals surface area contributed by atoms with Crippen molar-refractivity contribution in [2.24, 2.45) is 28.1 Å². The molecule has 5 heteroatoms. The van der Waals surface area contributed by atoms with E-state index >= 15 is 0 Å². The first kappa shape index (κ1) is 16.8. The zero-order valence-corrected chi connectivity index (χ0v) is 13.2. The molecular formula is C15H29N3O2. The van der Waals surface area contributed by atoms with Gasteiger partial charge in [-0.3, -0.25) is 4.79 Å². The molecule has 5 nitrogen and oxygen atoms in total. The molecule has 0 aromatic rings. The van der Waals surface area contributed by atoms with Crippen LogP contribution in [-0.2, 0) is 4.79 Å². The maximum Gasteiger partial charge on any atom is 0.226 e. The molecule has 0 aromatic heterocycles. The number of nitrogens with two attached hydrogens (primary N) is 1. The monoisotopic (exact) mass is 283 g/mol. The molecule has 116 valence electrons. The third kappa shape index (κ3) is 4.39. The zero-order chi connectivity index (χ0) is 15.3. The lowest BCUT2D eigenvalue weighted by molar-refractivity contribution is -0.138. The summed E-state index contributed by atoms with van der Waals surface area (Å²) in [5.74, 6) is 0.925. The lowest BCUT2D eigenvalue weighted by Crippen LogP contribution is -2.43. The average Bonchev–Trinajstić information content (AvgIpc) is 2.72. The Morgan fingerprint density at radius 2 is 2.15 bits per heavy atom. The van der Waals surface area contributed by atoms with E-state index in [1.165, 1.54) is 0 Å². The Hall–Kier alpha value is -1.26. The summed E-state index contributed by atoms with van der Waals surface area (Å²) in [5.41, 5.74) is 5.61. The van der Waals surface area contributed by atoms with Gasteiger partial charge in [-0.1, -0.05) is 39.3 Å². The Labute approximate surface area is 122 Å². The first-order valence-corrected chi connectivity index (χ1v) is 7.53. The highest BCUT2D eigenvalue weighted by Gasteiger charge is 2.41. The number of carbonyl (C=O) groups excluding carboxylic acids is 1. The second kappa shape index (κ2) is 6.95. The molecule has 1 rings (SSSR count). The molecule has 1 aliphatic rings. The van der Waals surface area contributed by atoms with Gasteiger partial charge in [0, 0.05) is 25.4 Å². The van der Waals surface area contributed by atoms with Crippen molar-refractivity contribution in [3.63, 3.8) is 0 Å². The third-order valence-electron chi connectivity index (χ3n) is 4.22. The maximum absolute atomic E-state index is 12.8. The van der Waals surface area contributed by atoms with Crippen molar-refractivity contribution in [1.82, 2.24) is 4.90 Å². The lowest BCUT2D eigenvalue weighted by Gasteiger charge is -2.33. The minimum Gasteiger partial charge on any atom is -0.409 e. The molecule has 1 atom stereocenters. The van der Waals surface area contributed by atoms with E-state index < -0.39 is 0 Å². The predicted molar refractivity (Wildman–Crippen MR) is 80.6 cm³/mol. The molecule has 1 fully saturated rings. The molecule has 1 unspecified atom stereocenters. The van der Waals surface area contributed by atoms with Gasteiger partial charge in [-0.05, 0) is 24.2 Å². The third-order valence-corrected chi connectivity index (χ3v) is 4.22. The van der Waals surface area contributed by atoms with Gasteiger partial charge in [-0.25, -0.2) is 0 Å². The van der Waals surface area contributed by atoms with Crippen molar-refractivity contribution in [1.29, 1.82) is 0 Å². The van der Waals surface area contributed by atoms with Crippen LogP contribution in [-0.4, -0.2) is 34.9 Å². The second-order valence-corrected chi connectivity index (χ2v) is 6.95. The van der Waals surface area contributed by atoms with Crippen LogP contribution in [0.3, 0.4) is 0 Å². The van der Waals surface area contributed by atoms with E-state index in [1.54, 1.807) is 0 Å². The second-order valence-electron chi connectivity index (χ2n) is 6.95. The van der Waals surface area contributed by atoms with Gasteiger partial charge < -0.3 is 15.8 Å². The van der Waals surface area contributed by atoms with Crippen LogP contribution in [0.2, 0.25) is 0 Å². The predicted octanol–water partition coefficient (Wildman–Crippen LogP) is 2.43. The molecule has 0 spiro atoms. The summed E-state index contributed by atoms with van der Waals surface area (Å²) in [6.07, 6.45) is 3.63. The van der Waals surface area contributed by atoms with Crippen molar-refractivity contribution in [3.8, 4) is 0 Å². The summed E-state index contributed by atoms with van der Waals surface area (Å²) >= 11 is 0. The van der Waals surface area contributed by atoms with Gasteiger partial charge in [-0.15, -0.1) is 0 Å². The summed E-state index contributed by atoms with van der Waals surface area (Å²) in [6, 6.07) is 0. The molecule has 20 heavy (non-hydrogen) atoms. The van der Waals surface area contributed by atoms with Crippen LogP contribution in [0.1, 0.15) is 53.4 Å². The summed E-state index contributed by atoms with van der Waals surface area (Å²) < 4.78 is 0. The van der Waals surface area contributed by atoms with Crippen LogP contribution in [0, 0.1) is 17.3 Å². The van der Waals surface area contributed by atoms with Gasteiger partial charge in [-0.2, -0.15) is 0 Å². The molecule has 0 radical (unpaired) electrons. The van der Waals surface area contributed by atoms with Crippen LogP contribution in [0.5, 0.6) is 0 Å². The topological polar surface area (TPSA) is 78.9 Å². The van der Waals surface area contributed by atoms with Gasteiger partial charge in [0.15, 0.2) is 0 Å². The quantitative estimate of drug-likeness (QED) is 0.340. The number of carbonyl (C=O) groups is 1. The molecule has 0 aromatic carbocycles. The minimum absolute atomic E-state index is 0.0862. The number of rotatable bonds is 6. The minimum atomic E-state index is 0.0862. The molecule has 1 amide bonds. The summed E-state index contributed by atoms with van der Waals surface area (Å²) in [6.45, 7) is 9.82. The molecule has 0 bridgehead atoms. The highest BCUT2D eigenvalue weighted by molar-refractivity contribution is 5.82. The first-order valence-electron chi connectivity index (χ1n) is 7.53. The number of nitrogens with zero attached hydrogens (tertiary/aromatic N) is 2. The van der Waals surface area contributed by atoms with E-state index in [0.717, 1.165) is 25.8 Å². The van der Waals surface area contributed by atoms with Crippen LogP contribution < -0.4 is 5.73 Å². The summed E-state index contributed by atoms with van der Waals surface area (Å²) in [7, 11) is 0. The molecule has 0 heterocycles. The van der Waals surface area contributed by atoms with Gasteiger partial charge in [0.1, 0.15) is 5.84 Å². The Morgan fingerprint density at radius 1 is 1.50 bits per heavy atom. The number of hydrogen-bond acceptors (Lipinski definition) is 3. The molecule has 1 aliphatic carbocycles. The standard InChI is InChI=1S/C15H29N3O2/c1-11(2)10-18(9-7-13(16)17-20)14(19)12-6-5-8-15(12,3)4/h11-12,20H,5-10H2,1-4H3,(H2,16,17). The van der Waals surface area contributed by atoms with E-state index in [9.17, 15) is 4.79 Å². The number of hydrogen-bond donors (Lipinski definition) is 2. The van der Waals surface area contributed by atoms with Crippen molar-refractivity contribution in [2.45, 2.75) is 53.4 Å². The molecular weight excluding hydrogens is 254 g/mol. The highest BCUT2D eigenvalue weighted by atomic mass is 16.4. The Kier molecular flexibility index (Phi) is 5.84. The highest BCUT2D eigenvalue weighted by Crippen LogP contribution is 2.43. The van der Waals surface area contributed by atoms with Crippen molar-refractivity contribution < 1.29 is 10.0 Å². The van der Waals surface area contributed by atoms with Gasteiger partial charge in [0.2, 0.25) is 5.91 Å². The van der Waals surface area contributed by atoms with Crippen molar-refractivity contribution in [3.05, 3.63) is 0 Å². The summed E-state index contributed by atoms with van der Waals surface area (Å²) in [5, 5.41) is 11.6. The summed E-state index contributed by atoms with van der Waals surface area (Å²) in [4.78, 5) is 14.7. The van der Waals surface area contributed by atoms with E-state index in [4.69, 9.17) is 10.9 Å². The lowest BCUT2D eigenvalue weighted by atomic mass is 9.81. The Bertz CT molecular complexity index is 364. The maximum atomic E-state index is 12.8. The largest absolute Gasteiger partial charge is 0.409 e. The molecule has 3 N–H and O–H groups in total. The van der Waals surface area contributed by atoms with Gasteiger partial charge in [0.05, 0.1) is 0 Å². The molecule has 1 saturated carbocycles. The molecule has 0 saturated heterocycles. The molecule has 0 aliphatic heterocycles. The zero-order valence-electron chi connectivity index (χ0n) is 13.2. The van der Waals surface area contributed by atoms with Crippen LogP contribution in [0.25, 0.3) is 0 Å². The fraction of sp³-hybridized carbons (Fsp3) is 0.867. The SMILES string of the molecule is CC(C)CN(CCC(N)=NO)C(=O)C1CCCC1(C)C. The van der Waals surface area contributed by atoms with Crippen molar-refractivity contribution >= 4 is 11.7 Å². The van der Waals surface area contributed by atoms with Gasteiger partial charge >= 0.3 is 0 Å². The Balaban J connectivity index is 2.74. The van der Waals surface area contributed by atoms with Crippen LogP contribution in [0.15, 0.2) is 5.16 Å². The van der Waals surface area contributed by atoms with Crippen LogP contribution >= 0.6 is 0 Å². The van der Waals surface area contributed by atoms with E-state index in [0.29, 0.717) is 18.9 Å².